The summed E-state index contributed by atoms with van der Waals surface area (Å²) < 4.78 is 26.5. The molecule has 0 amide bonds. The largest absolute Gasteiger partial charge is 0.260 e. The highest BCUT2D eigenvalue weighted by Crippen LogP contribution is 2.37. The summed E-state index contributed by atoms with van der Waals surface area (Å²) in [5.74, 6) is 0.390. The van der Waals surface area contributed by atoms with Crippen LogP contribution in [0.15, 0.2) is 0 Å². The molecule has 1 aliphatic carbocycles. The maximum absolute atomic E-state index is 10.5. The van der Waals surface area contributed by atoms with Crippen molar-refractivity contribution in [2.24, 2.45) is 5.92 Å². The molecule has 3 unspecified atom stereocenters. The molecule has 0 saturated heterocycles. The molecule has 6 heteroatoms. The van der Waals surface area contributed by atoms with Crippen molar-refractivity contribution < 1.29 is 4.21 Å². The van der Waals surface area contributed by atoms with E-state index in [9.17, 15) is 4.21 Å². The summed E-state index contributed by atoms with van der Waals surface area (Å²) in [5.41, 5.74) is 0. The van der Waals surface area contributed by atoms with Crippen LogP contribution in [0.1, 0.15) is 13.3 Å². The second-order valence-corrected chi connectivity index (χ2v) is 9.29. The second kappa shape index (κ2) is 2.30. The number of rotatable bonds is 1. The summed E-state index contributed by atoms with van der Waals surface area (Å²) in [7, 11) is -4.49. The normalized spacial score (nSPS) is 36.4. The van der Waals surface area contributed by atoms with Crippen molar-refractivity contribution in [3.8, 4) is 0 Å². The Morgan fingerprint density at radius 2 is 2.30 bits per heavy atom. The molecule has 0 aliphatic heterocycles. The van der Waals surface area contributed by atoms with Crippen molar-refractivity contribution in [3.05, 3.63) is 0 Å². The van der Waals surface area contributed by atoms with E-state index in [2.05, 4.69) is 0 Å². The number of nitrogens with zero attached hydrogens (tertiary/aromatic N) is 1. The molecule has 0 aromatic carbocycles. The Hall–Kier alpha value is 0.100. The van der Waals surface area contributed by atoms with Gasteiger partial charge >= 0.3 is 0 Å². The van der Waals surface area contributed by atoms with E-state index in [0.717, 1.165) is 6.42 Å². The number of hydrogen-bond acceptors (Lipinski definition) is 4. The van der Waals surface area contributed by atoms with E-state index in [1.54, 1.807) is 0 Å². The van der Waals surface area contributed by atoms with Crippen LogP contribution in [0.4, 0.5) is 0 Å². The van der Waals surface area contributed by atoms with Gasteiger partial charge in [0.25, 0.3) is 0 Å². The summed E-state index contributed by atoms with van der Waals surface area (Å²) in [6.45, 7) is 1.96. The molecule has 10 heavy (non-hydrogen) atoms. The molecule has 0 heterocycles. The van der Waals surface area contributed by atoms with Crippen LogP contribution in [0.5, 0.6) is 0 Å². The third kappa shape index (κ3) is 1.25. The Morgan fingerprint density at radius 3 is 2.40 bits per heavy atom. The molecule has 0 spiro atoms. The molecule has 0 aromatic heterocycles. The maximum Gasteiger partial charge on any atom is 0.236 e. The lowest BCUT2D eigenvalue weighted by Crippen LogP contribution is -2.03. The van der Waals surface area contributed by atoms with Crippen LogP contribution in [0, 0.1) is 15.3 Å². The van der Waals surface area contributed by atoms with Crippen molar-refractivity contribution in [3.63, 3.8) is 0 Å². The van der Waals surface area contributed by atoms with Gasteiger partial charge in [-0.2, -0.15) is 4.21 Å². The molecule has 0 bridgehead atoms. The Balaban J connectivity index is 2.96. The molecule has 3 atom stereocenters. The summed E-state index contributed by atoms with van der Waals surface area (Å²) in [6, 6.07) is 0. The van der Waals surface area contributed by atoms with Crippen LogP contribution >= 0.6 is 0 Å². The summed E-state index contributed by atoms with van der Waals surface area (Å²) in [5, 5.41) is 0.0216. The van der Waals surface area contributed by atoms with Crippen LogP contribution in [-0.2, 0) is 28.1 Å². The molecule has 0 aromatic rings. The van der Waals surface area contributed by atoms with Gasteiger partial charge in [-0.15, -0.1) is 4.61 Å². The highest BCUT2D eigenvalue weighted by molar-refractivity contribution is 8.76. The van der Waals surface area contributed by atoms with Crippen LogP contribution < -0.4 is 0 Å². The van der Waals surface area contributed by atoms with Gasteiger partial charge < -0.3 is 0 Å². The van der Waals surface area contributed by atoms with Crippen LogP contribution in [0.2, 0.25) is 0 Å². The first-order chi connectivity index (χ1) is 4.46. The average Bonchev–Trinajstić information content (AvgIpc) is 2.46. The van der Waals surface area contributed by atoms with Crippen molar-refractivity contribution >= 4 is 28.1 Å². The zero-order valence-electron chi connectivity index (χ0n) is 5.44. The summed E-state index contributed by atoms with van der Waals surface area (Å²) in [4.78, 5) is 0. The van der Waals surface area contributed by atoms with Gasteiger partial charge in [0.2, 0.25) is 9.46 Å². The Labute approximate surface area is 66.4 Å². The predicted molar refractivity (Wildman–Crippen MR) is 44.9 cm³/mol. The Morgan fingerprint density at radius 1 is 1.90 bits per heavy atom. The fourth-order valence-electron chi connectivity index (χ4n) is 0.826. The van der Waals surface area contributed by atoms with Gasteiger partial charge in [0.1, 0.15) is 0 Å². The first-order valence-electron chi connectivity index (χ1n) is 2.85. The van der Waals surface area contributed by atoms with E-state index < -0.39 is 16.9 Å². The van der Waals surface area contributed by atoms with Gasteiger partial charge in [0.05, 0.1) is 0 Å². The van der Waals surface area contributed by atoms with Crippen molar-refractivity contribution in [2.75, 3.05) is 0 Å². The predicted octanol–water partition coefficient (Wildman–Crippen LogP) is 0.916. The lowest BCUT2D eigenvalue weighted by atomic mass is 10.5. The second-order valence-electron chi connectivity index (χ2n) is 2.51. The lowest BCUT2D eigenvalue weighted by Gasteiger charge is -1.94. The van der Waals surface area contributed by atoms with Crippen LogP contribution in [0.3, 0.4) is 0 Å². The molecule has 1 fully saturated rings. The minimum Gasteiger partial charge on any atom is -0.260 e. The van der Waals surface area contributed by atoms with Gasteiger partial charge in [0.15, 0.2) is 0 Å². The van der Waals surface area contributed by atoms with E-state index in [1.807, 2.05) is 6.92 Å². The smallest absolute Gasteiger partial charge is 0.236 e. The van der Waals surface area contributed by atoms with Crippen molar-refractivity contribution in [1.29, 1.82) is 9.39 Å². The average molecular weight is 196 g/mol. The topological polar surface area (TPSA) is 64.7 Å². The SMILES string of the molecule is CC1CC1S(=N)(=S)S(#N)=O. The minimum absolute atomic E-state index is 0.0216. The van der Waals surface area contributed by atoms with Crippen molar-refractivity contribution in [2.45, 2.75) is 18.6 Å². The fourth-order valence-corrected chi connectivity index (χ4v) is 4.45. The van der Waals surface area contributed by atoms with Gasteiger partial charge in [0, 0.05) is 12.7 Å². The molecule has 1 saturated carbocycles. The third-order valence-electron chi connectivity index (χ3n) is 1.65. The van der Waals surface area contributed by atoms with Gasteiger partial charge in [-0.25, -0.2) is 0 Å². The van der Waals surface area contributed by atoms with Crippen LogP contribution in [0.25, 0.3) is 0 Å². The third-order valence-corrected chi connectivity index (χ3v) is 7.33. The minimum atomic E-state index is -2.39. The molecule has 1 aliphatic rings. The zero-order valence-corrected chi connectivity index (χ0v) is 7.89. The lowest BCUT2D eigenvalue weighted by molar-refractivity contribution is 0.696. The maximum atomic E-state index is 10.5. The molecular weight excluding hydrogens is 188 g/mol. The number of nitrogens with one attached hydrogen (secondary N) is 1. The quantitative estimate of drug-likeness (QED) is 0.634. The van der Waals surface area contributed by atoms with E-state index in [0.29, 0.717) is 5.92 Å². The Bertz CT molecular complexity index is 351. The standard InChI is InChI=1S/C4H8N2OS3/c1-3-2-4(3)10(6,8)9(5)7/h3-4,6H,2H2,1H3. The summed E-state index contributed by atoms with van der Waals surface area (Å²) >= 11 is 4.73. The zero-order chi connectivity index (χ0) is 7.94. The fraction of sp³-hybridized carbons (Fsp3) is 1.00. The molecule has 3 nitrogen and oxygen atoms in total. The van der Waals surface area contributed by atoms with Crippen LogP contribution in [-0.4, -0.2) is 9.46 Å². The van der Waals surface area contributed by atoms with E-state index >= 15 is 0 Å². The van der Waals surface area contributed by atoms with Gasteiger partial charge in [-0.1, -0.05) is 6.92 Å². The first kappa shape index (κ1) is 8.20. The van der Waals surface area contributed by atoms with E-state index in [4.69, 9.17) is 20.6 Å². The molecule has 58 valence electrons. The highest BCUT2D eigenvalue weighted by Gasteiger charge is 2.40. The van der Waals surface area contributed by atoms with Gasteiger partial charge in [-0.05, 0) is 23.5 Å². The Kier molecular flexibility index (Phi) is 1.89. The summed E-state index contributed by atoms with van der Waals surface area (Å²) in [6.07, 6.45) is 0.856. The molecular formula is C4H8N2OS3. The first-order valence-corrected chi connectivity index (χ1v) is 7.09. The van der Waals surface area contributed by atoms with Crippen molar-refractivity contribution in [1.82, 2.24) is 0 Å². The highest BCUT2D eigenvalue weighted by atomic mass is 33.3. The molecule has 1 rings (SSSR count). The van der Waals surface area contributed by atoms with Gasteiger partial charge in [-0.3, -0.25) is 4.78 Å². The monoisotopic (exact) mass is 196 g/mol. The number of hydrogen-bond donors (Lipinski definition) is 1. The van der Waals surface area contributed by atoms with E-state index in [-0.39, 0.29) is 5.25 Å². The van der Waals surface area contributed by atoms with E-state index in [1.165, 1.54) is 0 Å². The molecule has 0 radical (unpaired) electrons. The molecule has 1 N–H and O–H groups in total.